The summed E-state index contributed by atoms with van der Waals surface area (Å²) in [6.45, 7) is 28.8. The second-order valence-corrected chi connectivity index (χ2v) is 36.4. The normalized spacial score (nSPS) is 16.1. The lowest BCUT2D eigenvalue weighted by molar-refractivity contribution is 0.659. The number of benzene rings is 16. The van der Waals surface area contributed by atoms with Gasteiger partial charge in [-0.05, 0) is 273 Å². The van der Waals surface area contributed by atoms with E-state index in [0.29, 0.717) is 0 Å². The molecule has 16 aromatic rings. The van der Waals surface area contributed by atoms with E-state index in [1.54, 1.807) is 0 Å². The zero-order valence-corrected chi connectivity index (χ0v) is 67.1. The van der Waals surface area contributed by atoms with Crippen LogP contribution in [-0.4, -0.2) is 0 Å². The SMILES string of the molecule is CC1(C)c2ccccc2-c2ccc(N(c3ccc4c(c3)C(C)(C)c3ccccc3-4)c3ccc4c(c3)C(C)(C)c3cc(C=Cc5ccc6c7ccc(C=Cc8ccc9c(c8)C(C)(C)c8cc(N(c%10ccc%11c(c%10)C(C)(C)c%10ccccc%10-%11)c%10ccc%11c(c%10)C(C)(C)c%10ccccc%10-%11)ccc8-9)cc7c7ccccc7c6c5)ccc3-4)cc21. The Labute approximate surface area is 670 Å². The molecule has 548 valence electrons. The van der Waals surface area contributed by atoms with Crippen LogP contribution < -0.4 is 9.80 Å². The van der Waals surface area contributed by atoms with Crippen molar-refractivity contribution in [1.29, 1.82) is 0 Å². The fourth-order valence-corrected chi connectivity index (χ4v) is 21.8. The molecule has 0 amide bonds. The molecule has 0 spiro atoms. The highest BCUT2D eigenvalue weighted by Crippen LogP contribution is 2.59. The zero-order chi connectivity index (χ0) is 77.4. The van der Waals surface area contributed by atoms with Crippen LogP contribution in [-0.2, 0) is 32.5 Å². The molecule has 22 rings (SSSR count). The second kappa shape index (κ2) is 24.0. The summed E-state index contributed by atoms with van der Waals surface area (Å²) in [5.41, 5.74) is 43.0. The first kappa shape index (κ1) is 68.2. The molecule has 6 aliphatic rings. The van der Waals surface area contributed by atoms with Crippen molar-refractivity contribution in [2.24, 2.45) is 0 Å². The van der Waals surface area contributed by atoms with Gasteiger partial charge in [0.25, 0.3) is 0 Å². The quantitative estimate of drug-likeness (QED) is 0.0995. The standard InChI is InChI=1S/C112H90N2/c1-107(2)95-29-19-15-25-81(95)87-51-41-71(61-101(87)107)113(72-42-52-88-82-26-16-20-30-96(82)108(3,4)102(88)62-72)75-45-55-91-85-49-39-69(59-99(85)111(9,10)105(91)65-75)35-33-67-37-47-79-80-48-38-68(58-94(80)78-24-14-13-23-77(78)93(79)57-67)34-36-70-40-50-86-92-56-46-76(66-106(92)112(11,12)100(86)60-70)114(73-43-53-89-83-27-17-21-31-97(83)109(5,6)103(89)63-73)74-44-54-90-84-28-18-22-32-98(84)110(7,8)104(90)64-74/h13-66H,1-12H3. The minimum Gasteiger partial charge on any atom is -0.310 e. The zero-order valence-electron chi connectivity index (χ0n) is 67.1. The Morgan fingerprint density at radius 3 is 0.605 bits per heavy atom. The molecule has 114 heavy (non-hydrogen) atoms. The van der Waals surface area contributed by atoms with Crippen molar-refractivity contribution in [3.63, 3.8) is 0 Å². The molecule has 0 N–H and O–H groups in total. The van der Waals surface area contributed by atoms with Gasteiger partial charge in [-0.15, -0.1) is 0 Å². The summed E-state index contributed by atoms with van der Waals surface area (Å²) in [7, 11) is 0. The maximum atomic E-state index is 2.53. The third kappa shape index (κ3) is 9.73. The smallest absolute Gasteiger partial charge is 0.0465 e. The summed E-state index contributed by atoms with van der Waals surface area (Å²) in [5.74, 6) is 0. The van der Waals surface area contributed by atoms with E-state index in [0.717, 1.165) is 11.4 Å². The van der Waals surface area contributed by atoms with Crippen LogP contribution >= 0.6 is 0 Å². The highest BCUT2D eigenvalue weighted by molar-refractivity contribution is 6.26. The van der Waals surface area contributed by atoms with Gasteiger partial charge in [-0.2, -0.15) is 0 Å². The first-order valence-corrected chi connectivity index (χ1v) is 40.9. The molecule has 0 saturated carbocycles. The highest BCUT2D eigenvalue weighted by atomic mass is 15.1. The van der Waals surface area contributed by atoms with Gasteiger partial charge >= 0.3 is 0 Å². The minimum atomic E-state index is -0.255. The molecule has 0 saturated heterocycles. The lowest BCUT2D eigenvalue weighted by Gasteiger charge is -2.31. The van der Waals surface area contributed by atoms with E-state index in [9.17, 15) is 0 Å². The third-order valence-corrected chi connectivity index (χ3v) is 28.0. The van der Waals surface area contributed by atoms with Crippen molar-refractivity contribution in [2.45, 2.75) is 116 Å². The van der Waals surface area contributed by atoms with Crippen molar-refractivity contribution < 1.29 is 0 Å². The number of rotatable bonds is 10. The minimum absolute atomic E-state index is 0.137. The molecular weight excluding hydrogens is 1370 g/mol. The van der Waals surface area contributed by atoms with Crippen LogP contribution in [0.5, 0.6) is 0 Å². The first-order chi connectivity index (χ1) is 55.0. The molecule has 6 aliphatic carbocycles. The maximum absolute atomic E-state index is 2.53. The fourth-order valence-electron chi connectivity index (χ4n) is 21.8. The number of fused-ring (bicyclic) bond motifs is 24. The summed E-state index contributed by atoms with van der Waals surface area (Å²) in [6.07, 6.45) is 9.24. The van der Waals surface area contributed by atoms with Crippen LogP contribution in [0.15, 0.2) is 303 Å². The van der Waals surface area contributed by atoms with Crippen LogP contribution in [0.3, 0.4) is 0 Å². The molecule has 0 aliphatic heterocycles. The van der Waals surface area contributed by atoms with Crippen LogP contribution in [0.25, 0.3) is 123 Å². The summed E-state index contributed by atoms with van der Waals surface area (Å²) in [6, 6.07) is 117. The van der Waals surface area contributed by atoms with Gasteiger partial charge in [0.2, 0.25) is 0 Å². The molecule has 0 bridgehead atoms. The Kier molecular flexibility index (Phi) is 14.3. The van der Waals surface area contributed by atoms with Crippen LogP contribution in [0.2, 0.25) is 0 Å². The molecule has 2 nitrogen and oxygen atoms in total. The Morgan fingerprint density at radius 2 is 0.342 bits per heavy atom. The van der Waals surface area contributed by atoms with Crippen molar-refractivity contribution in [3.05, 3.63) is 392 Å². The largest absolute Gasteiger partial charge is 0.310 e. The molecule has 0 fully saturated rings. The second-order valence-electron chi connectivity index (χ2n) is 36.4. The van der Waals surface area contributed by atoms with Gasteiger partial charge in [-0.3, -0.25) is 0 Å². The summed E-state index contributed by atoms with van der Waals surface area (Å²) < 4.78 is 0. The number of anilines is 6. The van der Waals surface area contributed by atoms with E-state index in [-0.39, 0.29) is 32.5 Å². The van der Waals surface area contributed by atoms with Crippen LogP contribution in [0, 0.1) is 0 Å². The third-order valence-electron chi connectivity index (χ3n) is 28.0. The molecule has 0 heterocycles. The maximum Gasteiger partial charge on any atom is 0.0465 e. The van der Waals surface area contributed by atoms with E-state index < -0.39 is 0 Å². The lowest BCUT2D eigenvalue weighted by atomic mass is 9.81. The van der Waals surface area contributed by atoms with Gasteiger partial charge < -0.3 is 9.80 Å². The average molecular weight is 1460 g/mol. The predicted octanol–water partition coefficient (Wildman–Crippen LogP) is 30.3. The Balaban J connectivity index is 0.548. The van der Waals surface area contributed by atoms with E-state index in [1.807, 2.05) is 0 Å². The molecular formula is C112H90N2. The number of hydrogen-bond donors (Lipinski definition) is 0. The van der Waals surface area contributed by atoms with E-state index >= 15 is 0 Å². The molecule has 2 heteroatoms. The predicted molar refractivity (Wildman–Crippen MR) is 484 cm³/mol. The van der Waals surface area contributed by atoms with Crippen molar-refractivity contribution >= 4 is 90.7 Å². The topological polar surface area (TPSA) is 6.48 Å². The molecule has 0 radical (unpaired) electrons. The fraction of sp³-hybridized carbons (Fsp3) is 0.161. The van der Waals surface area contributed by atoms with Gasteiger partial charge in [-0.1, -0.05) is 326 Å². The van der Waals surface area contributed by atoms with E-state index in [4.69, 9.17) is 0 Å². The Hall–Kier alpha value is -12.6. The van der Waals surface area contributed by atoms with Gasteiger partial charge in [0.15, 0.2) is 0 Å². The highest BCUT2D eigenvalue weighted by Gasteiger charge is 2.43. The van der Waals surface area contributed by atoms with Gasteiger partial charge in [0, 0.05) is 66.6 Å². The summed E-state index contributed by atoms with van der Waals surface area (Å²) in [5, 5.41) is 7.58. The lowest BCUT2D eigenvalue weighted by Crippen LogP contribution is -2.19. The molecule has 16 aromatic carbocycles. The Morgan fingerprint density at radius 1 is 0.158 bits per heavy atom. The van der Waals surface area contributed by atoms with Crippen molar-refractivity contribution in [2.75, 3.05) is 9.80 Å². The number of nitrogens with zero attached hydrogens (tertiary/aromatic N) is 2. The molecule has 0 aromatic heterocycles. The average Bonchev–Trinajstić information content (AvgIpc) is 1.40. The van der Waals surface area contributed by atoms with Gasteiger partial charge in [0.05, 0.1) is 0 Å². The van der Waals surface area contributed by atoms with Crippen molar-refractivity contribution in [3.8, 4) is 66.8 Å². The van der Waals surface area contributed by atoms with Crippen LogP contribution in [0.1, 0.15) is 172 Å². The van der Waals surface area contributed by atoms with Crippen molar-refractivity contribution in [1.82, 2.24) is 0 Å². The van der Waals surface area contributed by atoms with E-state index in [2.05, 4.69) is 421 Å². The van der Waals surface area contributed by atoms with Crippen LogP contribution in [0.4, 0.5) is 34.1 Å². The summed E-state index contributed by atoms with van der Waals surface area (Å²) >= 11 is 0. The Bertz CT molecular complexity index is 6340. The first-order valence-electron chi connectivity index (χ1n) is 40.9. The van der Waals surface area contributed by atoms with Gasteiger partial charge in [0.1, 0.15) is 0 Å². The monoisotopic (exact) mass is 1460 g/mol. The number of hydrogen-bond acceptors (Lipinski definition) is 2. The summed E-state index contributed by atoms with van der Waals surface area (Å²) in [4.78, 5) is 5.05. The van der Waals surface area contributed by atoms with Gasteiger partial charge in [-0.25, -0.2) is 0 Å². The van der Waals surface area contributed by atoms with E-state index in [1.165, 1.54) is 211 Å². The molecule has 0 unspecified atom stereocenters. The molecule has 0 atom stereocenters.